The van der Waals surface area contributed by atoms with Gasteiger partial charge in [0.1, 0.15) is 0 Å². The second-order valence-electron chi connectivity index (χ2n) is 3.40. The lowest BCUT2D eigenvalue weighted by Gasteiger charge is -2.09. The summed E-state index contributed by atoms with van der Waals surface area (Å²) in [6, 6.07) is 7.10. The summed E-state index contributed by atoms with van der Waals surface area (Å²) in [4.78, 5) is 11.0. The molecule has 0 unspecified atom stereocenters. The highest BCUT2D eigenvalue weighted by Gasteiger charge is 2.15. The van der Waals surface area contributed by atoms with Gasteiger partial charge in [-0.15, -0.1) is 10.2 Å². The highest BCUT2D eigenvalue weighted by Crippen LogP contribution is 2.23. The van der Waals surface area contributed by atoms with Gasteiger partial charge < -0.3 is 15.5 Å². The van der Waals surface area contributed by atoms with Crippen LogP contribution in [0, 0.1) is 0 Å². The number of aliphatic hydroxyl groups is 1. The first-order valence-corrected chi connectivity index (χ1v) is 5.07. The van der Waals surface area contributed by atoms with Gasteiger partial charge in [0.05, 0.1) is 17.8 Å². The summed E-state index contributed by atoms with van der Waals surface area (Å²) in [5.74, 6) is -1.15. The van der Waals surface area contributed by atoms with Crippen molar-refractivity contribution in [3.8, 4) is 0 Å². The summed E-state index contributed by atoms with van der Waals surface area (Å²) >= 11 is 0. The van der Waals surface area contributed by atoms with Crippen LogP contribution in [0.5, 0.6) is 0 Å². The second-order valence-corrected chi connectivity index (χ2v) is 3.40. The van der Waals surface area contributed by atoms with Crippen LogP contribution >= 0.6 is 0 Å². The zero-order valence-electron chi connectivity index (χ0n) is 8.92. The van der Waals surface area contributed by atoms with Gasteiger partial charge in [0, 0.05) is 11.9 Å². The van der Waals surface area contributed by atoms with Crippen molar-refractivity contribution >= 4 is 22.6 Å². The van der Waals surface area contributed by atoms with E-state index in [4.69, 9.17) is 10.2 Å². The highest BCUT2D eigenvalue weighted by molar-refractivity contribution is 6.02. The molecular formula is C11H11N3O3. The maximum absolute atomic E-state index is 11.0. The lowest BCUT2D eigenvalue weighted by molar-refractivity contribution is 0.0690. The zero-order valence-corrected chi connectivity index (χ0v) is 8.92. The van der Waals surface area contributed by atoms with Gasteiger partial charge in [0.2, 0.25) is 0 Å². The van der Waals surface area contributed by atoms with Gasteiger partial charge in [0.15, 0.2) is 5.69 Å². The van der Waals surface area contributed by atoms with E-state index in [0.29, 0.717) is 16.6 Å². The van der Waals surface area contributed by atoms with Crippen LogP contribution in [0.25, 0.3) is 10.9 Å². The Morgan fingerprint density at radius 3 is 2.76 bits per heavy atom. The third-order valence-electron chi connectivity index (χ3n) is 2.28. The molecule has 1 heterocycles. The molecule has 2 aromatic rings. The fourth-order valence-electron chi connectivity index (χ4n) is 1.56. The number of fused-ring (bicyclic) bond motifs is 1. The number of carboxylic acids is 1. The van der Waals surface area contributed by atoms with E-state index in [-0.39, 0.29) is 18.8 Å². The van der Waals surface area contributed by atoms with E-state index in [1.807, 2.05) is 0 Å². The molecule has 0 aliphatic heterocycles. The van der Waals surface area contributed by atoms with E-state index in [2.05, 4.69) is 15.5 Å². The molecule has 0 fully saturated rings. The van der Waals surface area contributed by atoms with Crippen molar-refractivity contribution in [3.05, 3.63) is 30.0 Å². The second kappa shape index (κ2) is 4.75. The Hall–Kier alpha value is -2.21. The van der Waals surface area contributed by atoms with Gasteiger partial charge in [-0.25, -0.2) is 4.79 Å². The lowest BCUT2D eigenvalue weighted by Crippen LogP contribution is -2.13. The average Bonchev–Trinajstić information content (AvgIpc) is 2.35. The Morgan fingerprint density at radius 1 is 1.29 bits per heavy atom. The van der Waals surface area contributed by atoms with Crippen LogP contribution in [0.2, 0.25) is 0 Å². The fraction of sp³-hybridized carbons (Fsp3) is 0.182. The largest absolute Gasteiger partial charge is 0.476 e. The molecule has 6 nitrogen and oxygen atoms in total. The molecule has 0 radical (unpaired) electrons. The molecule has 6 heteroatoms. The molecule has 0 aliphatic rings. The SMILES string of the molecule is O=C(O)c1nnc2ccccc2c1NCCO. The number of rotatable bonds is 4. The smallest absolute Gasteiger partial charge is 0.358 e. The van der Waals surface area contributed by atoms with Crippen LogP contribution in [-0.4, -0.2) is 39.5 Å². The molecule has 0 bridgehead atoms. The molecule has 0 aliphatic carbocycles. The predicted octanol–water partition coefficient (Wildman–Crippen LogP) is 0.732. The van der Waals surface area contributed by atoms with E-state index < -0.39 is 5.97 Å². The number of carbonyl (C=O) groups is 1. The number of nitrogens with zero attached hydrogens (tertiary/aromatic N) is 2. The van der Waals surface area contributed by atoms with Crippen LogP contribution < -0.4 is 5.32 Å². The van der Waals surface area contributed by atoms with E-state index in [1.54, 1.807) is 24.3 Å². The van der Waals surface area contributed by atoms with Crippen LogP contribution in [-0.2, 0) is 0 Å². The van der Waals surface area contributed by atoms with Crippen LogP contribution in [0.4, 0.5) is 5.69 Å². The normalized spacial score (nSPS) is 10.4. The molecule has 1 aromatic heterocycles. The average molecular weight is 233 g/mol. The summed E-state index contributed by atoms with van der Waals surface area (Å²) in [5, 5.41) is 28.8. The Labute approximate surface area is 96.9 Å². The third kappa shape index (κ3) is 2.16. The van der Waals surface area contributed by atoms with Gasteiger partial charge in [-0.05, 0) is 6.07 Å². The first-order valence-electron chi connectivity index (χ1n) is 5.07. The fourth-order valence-corrected chi connectivity index (χ4v) is 1.56. The number of aromatic carboxylic acids is 1. The summed E-state index contributed by atoms with van der Waals surface area (Å²) in [7, 11) is 0. The zero-order chi connectivity index (χ0) is 12.3. The van der Waals surface area contributed by atoms with Crippen molar-refractivity contribution in [2.75, 3.05) is 18.5 Å². The van der Waals surface area contributed by atoms with Crippen molar-refractivity contribution in [2.24, 2.45) is 0 Å². The van der Waals surface area contributed by atoms with E-state index in [0.717, 1.165) is 0 Å². The van der Waals surface area contributed by atoms with Gasteiger partial charge in [-0.3, -0.25) is 0 Å². The standard InChI is InChI=1S/C11H11N3O3/c15-6-5-12-9-7-3-1-2-4-8(7)13-14-10(9)11(16)17/h1-4,15H,5-6H2,(H,12,13)(H,16,17). The van der Waals surface area contributed by atoms with Crippen molar-refractivity contribution in [2.45, 2.75) is 0 Å². The van der Waals surface area contributed by atoms with Gasteiger partial charge in [-0.1, -0.05) is 18.2 Å². The van der Waals surface area contributed by atoms with Crippen LogP contribution in [0.1, 0.15) is 10.5 Å². The topological polar surface area (TPSA) is 95.3 Å². The number of hydrogen-bond acceptors (Lipinski definition) is 5. The van der Waals surface area contributed by atoms with E-state index in [1.165, 1.54) is 0 Å². The minimum absolute atomic E-state index is 0.0876. The molecular weight excluding hydrogens is 222 g/mol. The van der Waals surface area contributed by atoms with Crippen LogP contribution in [0.3, 0.4) is 0 Å². The number of carboxylic acid groups (broad SMARTS) is 1. The number of anilines is 1. The summed E-state index contributed by atoms with van der Waals surface area (Å²) in [5.41, 5.74) is 0.854. The van der Waals surface area contributed by atoms with E-state index in [9.17, 15) is 4.79 Å². The maximum atomic E-state index is 11.0. The minimum Gasteiger partial charge on any atom is -0.476 e. The third-order valence-corrected chi connectivity index (χ3v) is 2.28. The molecule has 0 amide bonds. The van der Waals surface area contributed by atoms with Crippen LogP contribution in [0.15, 0.2) is 24.3 Å². The van der Waals surface area contributed by atoms with Crippen molar-refractivity contribution in [3.63, 3.8) is 0 Å². The molecule has 88 valence electrons. The lowest BCUT2D eigenvalue weighted by atomic mass is 10.1. The van der Waals surface area contributed by atoms with Gasteiger partial charge in [-0.2, -0.15) is 0 Å². The highest BCUT2D eigenvalue weighted by atomic mass is 16.4. The Balaban J connectivity index is 2.61. The summed E-state index contributed by atoms with van der Waals surface area (Å²) in [6.45, 7) is 0.172. The molecule has 2 rings (SSSR count). The first kappa shape index (κ1) is 11.3. The monoisotopic (exact) mass is 233 g/mol. The molecule has 17 heavy (non-hydrogen) atoms. The van der Waals surface area contributed by atoms with Crippen molar-refractivity contribution in [1.29, 1.82) is 0 Å². The molecule has 1 aromatic carbocycles. The molecule has 0 saturated carbocycles. The summed E-state index contributed by atoms with van der Waals surface area (Å²) < 4.78 is 0. The molecule has 3 N–H and O–H groups in total. The predicted molar refractivity (Wildman–Crippen MR) is 62.1 cm³/mol. The molecule has 0 spiro atoms. The number of aliphatic hydroxyl groups excluding tert-OH is 1. The Kier molecular flexibility index (Phi) is 3.15. The maximum Gasteiger partial charge on any atom is 0.358 e. The Bertz CT molecular complexity index is 557. The number of benzene rings is 1. The van der Waals surface area contributed by atoms with E-state index >= 15 is 0 Å². The molecule has 0 atom stereocenters. The summed E-state index contributed by atoms with van der Waals surface area (Å²) in [6.07, 6.45) is 0. The first-order chi connectivity index (χ1) is 8.24. The number of aromatic nitrogens is 2. The number of hydrogen-bond donors (Lipinski definition) is 3. The number of nitrogens with one attached hydrogen (secondary N) is 1. The van der Waals surface area contributed by atoms with Gasteiger partial charge >= 0.3 is 5.97 Å². The molecule has 0 saturated heterocycles. The quantitative estimate of drug-likeness (QED) is 0.720. The van der Waals surface area contributed by atoms with Crippen molar-refractivity contribution < 1.29 is 15.0 Å². The Morgan fingerprint density at radius 2 is 2.06 bits per heavy atom. The van der Waals surface area contributed by atoms with Crippen molar-refractivity contribution in [1.82, 2.24) is 10.2 Å². The van der Waals surface area contributed by atoms with Gasteiger partial charge in [0.25, 0.3) is 0 Å². The minimum atomic E-state index is -1.15.